The third-order valence-electron chi connectivity index (χ3n) is 18.4. The number of rotatable bonds is 6. The third-order valence-corrected chi connectivity index (χ3v) is 18.4. The molecule has 0 aliphatic rings. The van der Waals surface area contributed by atoms with Gasteiger partial charge in [0.2, 0.25) is 0 Å². The quantitative estimate of drug-likeness (QED) is 0.157. The van der Waals surface area contributed by atoms with Gasteiger partial charge in [-0.1, -0.05) is 244 Å². The van der Waals surface area contributed by atoms with Crippen LogP contribution >= 0.6 is 0 Å². The first kappa shape index (κ1) is 50.1. The average molecular weight is 1020 g/mol. The summed E-state index contributed by atoms with van der Waals surface area (Å²) in [6, 6.07) is 66.4. The number of fused-ring (bicyclic) bond motifs is 14. The predicted octanol–water partition coefficient (Wildman–Crippen LogP) is 21.2. The molecule has 0 saturated heterocycles. The van der Waals surface area contributed by atoms with Crippen LogP contribution in [0.3, 0.4) is 0 Å². The Bertz CT molecular complexity index is 4180. The Morgan fingerprint density at radius 2 is 0.551 bits per heavy atom. The zero-order valence-corrected chi connectivity index (χ0v) is 49.1. The van der Waals surface area contributed by atoms with Crippen LogP contribution < -0.4 is 0 Å². The standard InChI is InChI=1S/C76H76N2/c1-71(2,3)53-35-47(36-54(41-53)72(4,5)6)45-27-31-57-63(39-45)77-61-33-29-51(75(13,14)49-23-19-17-20-24-49)43-59(61)68-66-58-32-28-46(48-37-55(73(7,8)9)42-56(38-48)74(10,11)12)40-64(58)78-62-34-30-52(76(15,16)50-25-21-18-22-26-50)44-60(62)67(70(66)78)65(57)69(68)77/h17-44H,1-16H3. The smallest absolute Gasteiger partial charge is 0.0634 e. The number of aromatic nitrogens is 2. The highest BCUT2D eigenvalue weighted by Gasteiger charge is 2.33. The van der Waals surface area contributed by atoms with Gasteiger partial charge in [0.05, 0.1) is 33.1 Å². The molecule has 0 atom stereocenters. The molecule has 0 aliphatic heterocycles. The van der Waals surface area contributed by atoms with Crippen LogP contribution in [0.15, 0.2) is 170 Å². The molecule has 4 aromatic heterocycles. The van der Waals surface area contributed by atoms with Crippen LogP contribution in [0, 0.1) is 0 Å². The van der Waals surface area contributed by atoms with Gasteiger partial charge in [-0.15, -0.1) is 0 Å². The summed E-state index contributed by atoms with van der Waals surface area (Å²) >= 11 is 0. The first-order valence-electron chi connectivity index (χ1n) is 28.6. The molecule has 0 unspecified atom stereocenters. The Labute approximate surface area is 462 Å². The fourth-order valence-corrected chi connectivity index (χ4v) is 13.2. The summed E-state index contributed by atoms with van der Waals surface area (Å²) in [6.07, 6.45) is 0. The summed E-state index contributed by atoms with van der Waals surface area (Å²) in [5, 5.41) is 10.5. The second kappa shape index (κ2) is 16.6. The molecule has 78 heavy (non-hydrogen) atoms. The first-order chi connectivity index (χ1) is 36.7. The molecular weight excluding hydrogens is 941 g/mol. The minimum absolute atomic E-state index is 0.00218. The van der Waals surface area contributed by atoms with Gasteiger partial charge in [-0.25, -0.2) is 0 Å². The first-order valence-corrected chi connectivity index (χ1v) is 28.6. The van der Waals surface area contributed by atoms with Crippen molar-refractivity contribution in [2.45, 2.75) is 143 Å². The van der Waals surface area contributed by atoms with E-state index in [0.717, 1.165) is 0 Å². The van der Waals surface area contributed by atoms with E-state index in [2.05, 4.69) is 289 Å². The average Bonchev–Trinajstić information content (AvgIpc) is 3.11. The molecule has 0 radical (unpaired) electrons. The predicted molar refractivity (Wildman–Crippen MR) is 339 cm³/mol. The van der Waals surface area contributed by atoms with Gasteiger partial charge in [-0.05, 0) is 125 Å². The van der Waals surface area contributed by atoms with Gasteiger partial charge in [-0.2, -0.15) is 0 Å². The van der Waals surface area contributed by atoms with Crippen LogP contribution in [0.2, 0.25) is 0 Å². The van der Waals surface area contributed by atoms with E-state index < -0.39 is 0 Å². The molecule has 0 spiro atoms. The van der Waals surface area contributed by atoms with Gasteiger partial charge in [-0.3, -0.25) is 0 Å². The van der Waals surface area contributed by atoms with Gasteiger partial charge in [0, 0.05) is 53.9 Å². The monoisotopic (exact) mass is 1020 g/mol. The van der Waals surface area contributed by atoms with E-state index in [9.17, 15) is 0 Å². The molecular formula is C76H76N2. The lowest BCUT2D eigenvalue weighted by molar-refractivity contribution is 0.568. The Morgan fingerprint density at radius 3 is 0.872 bits per heavy atom. The normalized spacial score (nSPS) is 13.6. The van der Waals surface area contributed by atoms with E-state index in [1.54, 1.807) is 0 Å². The number of nitrogens with zero attached hydrogens (tertiary/aromatic N) is 2. The summed E-state index contributed by atoms with van der Waals surface area (Å²) in [7, 11) is 0. The molecule has 2 nitrogen and oxygen atoms in total. The van der Waals surface area contributed by atoms with Crippen LogP contribution in [0.5, 0.6) is 0 Å². The van der Waals surface area contributed by atoms with Crippen LogP contribution in [-0.2, 0) is 32.5 Å². The molecule has 0 amide bonds. The second-order valence-corrected chi connectivity index (χ2v) is 28.4. The molecule has 0 saturated carbocycles. The Kier molecular flexibility index (Phi) is 10.6. The van der Waals surface area contributed by atoms with E-state index >= 15 is 0 Å². The SMILES string of the molecule is CC(C)(C)c1cc(-c2ccc3c4c5c6cc(C(C)(C)c7ccccc7)ccc6n6c7cc(-c8cc(C(C)(C)C)cc(C(C)(C)C)c8)ccc7c(c7c8cc(C(C)(C)c9ccccc9)ccc8n(c3c2)c74)c56)cc(C(C)(C)C)c1. The van der Waals surface area contributed by atoms with Crippen molar-refractivity contribution in [2.75, 3.05) is 0 Å². The van der Waals surface area contributed by atoms with Crippen LogP contribution in [-0.4, -0.2) is 8.80 Å². The zero-order chi connectivity index (χ0) is 55.0. The minimum atomic E-state index is -0.230. The van der Waals surface area contributed by atoms with E-state index in [0.29, 0.717) is 0 Å². The Hall–Kier alpha value is -7.42. The molecule has 9 aromatic carbocycles. The number of hydrogen-bond acceptors (Lipinski definition) is 0. The van der Waals surface area contributed by atoms with E-state index in [1.807, 2.05) is 0 Å². The van der Waals surface area contributed by atoms with E-state index in [4.69, 9.17) is 0 Å². The lowest BCUT2D eigenvalue weighted by Gasteiger charge is -2.26. The zero-order valence-electron chi connectivity index (χ0n) is 49.1. The van der Waals surface area contributed by atoms with Crippen molar-refractivity contribution in [3.05, 3.63) is 214 Å². The van der Waals surface area contributed by atoms with Crippen molar-refractivity contribution >= 4 is 76.2 Å². The van der Waals surface area contributed by atoms with Gasteiger partial charge >= 0.3 is 0 Å². The van der Waals surface area contributed by atoms with Crippen molar-refractivity contribution in [1.29, 1.82) is 0 Å². The largest absolute Gasteiger partial charge is 0.308 e. The fraction of sp³-hybridized carbons (Fsp3) is 0.289. The van der Waals surface area contributed by atoms with Crippen molar-refractivity contribution in [3.63, 3.8) is 0 Å². The van der Waals surface area contributed by atoms with Crippen molar-refractivity contribution in [2.24, 2.45) is 0 Å². The Balaban J connectivity index is 1.21. The van der Waals surface area contributed by atoms with E-state index in [1.165, 1.54) is 143 Å². The van der Waals surface area contributed by atoms with E-state index in [-0.39, 0.29) is 32.5 Å². The maximum Gasteiger partial charge on any atom is 0.0634 e. The van der Waals surface area contributed by atoms with Gasteiger partial charge < -0.3 is 8.80 Å². The summed E-state index contributed by atoms with van der Waals surface area (Å²) < 4.78 is 5.32. The maximum absolute atomic E-state index is 2.66. The van der Waals surface area contributed by atoms with Crippen molar-refractivity contribution in [1.82, 2.24) is 8.80 Å². The van der Waals surface area contributed by atoms with Gasteiger partial charge in [0.25, 0.3) is 0 Å². The molecule has 13 aromatic rings. The van der Waals surface area contributed by atoms with Crippen molar-refractivity contribution < 1.29 is 0 Å². The van der Waals surface area contributed by atoms with Crippen LogP contribution in [0.4, 0.5) is 0 Å². The Morgan fingerprint density at radius 1 is 0.231 bits per heavy atom. The topological polar surface area (TPSA) is 8.82 Å². The molecule has 4 heterocycles. The van der Waals surface area contributed by atoms with Gasteiger partial charge in [0.15, 0.2) is 0 Å². The summed E-state index contributed by atoms with van der Waals surface area (Å²) in [5.74, 6) is 0. The highest BCUT2D eigenvalue weighted by Crippen LogP contribution is 2.54. The molecule has 0 N–H and O–H groups in total. The van der Waals surface area contributed by atoms with Crippen molar-refractivity contribution in [3.8, 4) is 22.3 Å². The lowest BCUT2D eigenvalue weighted by atomic mass is 9.77. The highest BCUT2D eigenvalue weighted by atomic mass is 14.9. The maximum atomic E-state index is 2.66. The summed E-state index contributed by atoms with van der Waals surface area (Å²) in [6.45, 7) is 37.7. The molecule has 2 heteroatoms. The fourth-order valence-electron chi connectivity index (χ4n) is 13.2. The molecule has 390 valence electrons. The highest BCUT2D eigenvalue weighted by molar-refractivity contribution is 6.45. The summed E-state index contributed by atoms with van der Waals surface area (Å²) in [5.41, 5.74) is 22.9. The van der Waals surface area contributed by atoms with Crippen LogP contribution in [0.1, 0.15) is 155 Å². The second-order valence-electron chi connectivity index (χ2n) is 28.4. The number of benzene rings is 9. The molecule has 0 aliphatic carbocycles. The van der Waals surface area contributed by atoms with Crippen LogP contribution in [0.25, 0.3) is 98.4 Å². The van der Waals surface area contributed by atoms with Gasteiger partial charge in [0.1, 0.15) is 0 Å². The lowest BCUT2D eigenvalue weighted by Crippen LogP contribution is -2.18. The number of hydrogen-bond donors (Lipinski definition) is 0. The third kappa shape index (κ3) is 7.48. The minimum Gasteiger partial charge on any atom is -0.308 e. The molecule has 0 bridgehead atoms. The molecule has 0 fully saturated rings. The molecule has 13 rings (SSSR count). The summed E-state index contributed by atoms with van der Waals surface area (Å²) in [4.78, 5) is 0.